The summed E-state index contributed by atoms with van der Waals surface area (Å²) >= 11 is 0. The van der Waals surface area contributed by atoms with Crippen LogP contribution < -0.4 is 15.2 Å². The Morgan fingerprint density at radius 1 is 0.833 bits per heavy atom. The van der Waals surface area contributed by atoms with Crippen molar-refractivity contribution in [2.45, 2.75) is 70.8 Å². The molecule has 0 bridgehead atoms. The zero-order valence-corrected chi connectivity index (χ0v) is 27.1. The number of alkyl halides is 6. The first-order chi connectivity index (χ1) is 22.6. The topological polar surface area (TPSA) is 70.2 Å². The number of anilines is 2. The van der Waals surface area contributed by atoms with Gasteiger partial charge >= 0.3 is 24.1 Å². The Labute approximate surface area is 275 Å². The lowest BCUT2D eigenvalue weighted by molar-refractivity contribution is -0.672. The molecule has 2 amide bonds. The van der Waals surface area contributed by atoms with Crippen molar-refractivity contribution in [3.8, 4) is 0 Å². The molecule has 3 aromatic rings. The number of aryl methyl sites for hydroxylation is 2. The lowest BCUT2D eigenvalue weighted by Crippen LogP contribution is -2.54. The van der Waals surface area contributed by atoms with Crippen LogP contribution in [0.3, 0.4) is 0 Å². The Morgan fingerprint density at radius 3 is 2.08 bits per heavy atom. The summed E-state index contributed by atoms with van der Waals surface area (Å²) < 4.78 is 92.8. The third-order valence-electron chi connectivity index (χ3n) is 8.09. The number of amides is 2. The van der Waals surface area contributed by atoms with Gasteiger partial charge in [-0.2, -0.15) is 26.3 Å². The van der Waals surface area contributed by atoms with E-state index < -0.39 is 40.7 Å². The summed E-state index contributed by atoms with van der Waals surface area (Å²) in [6, 6.07) is 7.10. The molecule has 4 rings (SSSR count). The maximum absolute atomic E-state index is 14.9. The number of halogens is 6. The smallest absolute Gasteiger partial charge is 0.337 e. The van der Waals surface area contributed by atoms with Gasteiger partial charge < -0.3 is 15.5 Å². The van der Waals surface area contributed by atoms with E-state index >= 15 is 0 Å². The van der Waals surface area contributed by atoms with Gasteiger partial charge in [0.25, 0.3) is 5.91 Å². The van der Waals surface area contributed by atoms with Crippen LogP contribution in [0.2, 0.25) is 0 Å². The molecule has 0 saturated heterocycles. The van der Waals surface area contributed by atoms with Crippen LogP contribution in [0.5, 0.6) is 0 Å². The number of unbranched alkanes of at least 4 members (excludes halogenated alkanes) is 2. The number of carbonyl (C=O) groups excluding carboxylic acids is 2. The molecule has 13 heteroatoms. The van der Waals surface area contributed by atoms with E-state index in [1.165, 1.54) is 6.07 Å². The van der Waals surface area contributed by atoms with Crippen LogP contribution >= 0.6 is 0 Å². The third-order valence-corrected chi connectivity index (χ3v) is 8.09. The van der Waals surface area contributed by atoms with E-state index in [2.05, 4.69) is 16.4 Å². The molecule has 0 aliphatic carbocycles. The highest BCUT2D eigenvalue weighted by molar-refractivity contribution is 6.03. The minimum Gasteiger partial charge on any atom is -0.337 e. The molecule has 7 nitrogen and oxygen atoms in total. The molecule has 0 saturated carbocycles. The molecule has 0 spiro atoms. The summed E-state index contributed by atoms with van der Waals surface area (Å²) in [6.07, 6.45) is -1.62. The fourth-order valence-corrected chi connectivity index (χ4v) is 5.60. The molecule has 1 aromatic heterocycles. The molecule has 2 aromatic carbocycles. The number of nitrogens with zero attached hydrogens (tertiary/aromatic N) is 3. The molecule has 1 aliphatic heterocycles. The Balaban J connectivity index is 1.70. The van der Waals surface area contributed by atoms with Crippen LogP contribution in [-0.2, 0) is 23.8 Å². The lowest BCUT2D eigenvalue weighted by Gasteiger charge is -2.38. The van der Waals surface area contributed by atoms with Gasteiger partial charge in [-0.1, -0.05) is 56.7 Å². The number of carbonyl (C=O) groups is 2. The van der Waals surface area contributed by atoms with Crippen molar-refractivity contribution in [2.75, 3.05) is 17.2 Å². The number of aromatic nitrogens is 2. The molecule has 0 atom stereocenters. The fraction of sp³-hybridized carbons (Fsp3) is 0.371. The second-order valence-electron chi connectivity index (χ2n) is 11.6. The maximum Gasteiger partial charge on any atom is 0.411 e. The monoisotopic (exact) mass is 674 g/mol. The molecular formula is C35H38F6N5O2+. The van der Waals surface area contributed by atoms with Gasteiger partial charge in [-0.25, -0.2) is 9.13 Å². The molecule has 2 N–H and O–H groups in total. The van der Waals surface area contributed by atoms with Gasteiger partial charge in [0.2, 0.25) is 5.41 Å². The summed E-state index contributed by atoms with van der Waals surface area (Å²) in [4.78, 5) is 27.9. The van der Waals surface area contributed by atoms with Gasteiger partial charge in [-0.3, -0.25) is 9.59 Å². The zero-order chi connectivity index (χ0) is 35.3. The number of imidazole rings is 1. The second kappa shape index (κ2) is 14.6. The fourth-order valence-electron chi connectivity index (χ4n) is 5.60. The minimum atomic E-state index is -5.85. The van der Waals surface area contributed by atoms with Gasteiger partial charge in [0.1, 0.15) is 12.4 Å². The van der Waals surface area contributed by atoms with Gasteiger partial charge in [0, 0.05) is 24.1 Å². The number of nitrogens with one attached hydrogen (secondary N) is 2. The quantitative estimate of drug-likeness (QED) is 0.117. The molecule has 2 heterocycles. The van der Waals surface area contributed by atoms with E-state index in [1.54, 1.807) is 52.7 Å². The normalized spacial score (nSPS) is 13.7. The summed E-state index contributed by atoms with van der Waals surface area (Å²) in [7, 11) is 1.65. The maximum atomic E-state index is 14.9. The van der Waals surface area contributed by atoms with E-state index in [9.17, 15) is 35.9 Å². The number of allylic oxidation sites excluding steroid dienone is 1. The largest absolute Gasteiger partial charge is 0.411 e. The van der Waals surface area contributed by atoms with Gasteiger partial charge in [0.05, 0.1) is 13.6 Å². The van der Waals surface area contributed by atoms with Gasteiger partial charge in [-0.15, -0.1) is 0 Å². The minimum absolute atomic E-state index is 0.0111. The Morgan fingerprint density at radius 2 is 1.46 bits per heavy atom. The third kappa shape index (κ3) is 7.36. The highest BCUT2D eigenvalue weighted by Crippen LogP contribution is 2.56. The van der Waals surface area contributed by atoms with Crippen LogP contribution in [0.25, 0.3) is 0 Å². The first-order valence-electron chi connectivity index (χ1n) is 15.6. The Kier molecular flexibility index (Phi) is 10.9. The second-order valence-corrected chi connectivity index (χ2v) is 11.6. The van der Waals surface area contributed by atoms with E-state index in [0.29, 0.717) is 36.9 Å². The first-order valence-corrected chi connectivity index (χ1v) is 15.6. The van der Waals surface area contributed by atoms with Crippen molar-refractivity contribution in [1.82, 2.24) is 9.47 Å². The molecule has 256 valence electrons. The lowest BCUT2D eigenvalue weighted by atomic mass is 9.72. The van der Waals surface area contributed by atoms with E-state index in [-0.39, 0.29) is 22.9 Å². The number of hydrogen-bond donors (Lipinski definition) is 2. The molecule has 0 fully saturated rings. The predicted octanol–water partition coefficient (Wildman–Crippen LogP) is 7.77. The van der Waals surface area contributed by atoms with Crippen molar-refractivity contribution in [2.24, 2.45) is 7.05 Å². The van der Waals surface area contributed by atoms with E-state index in [1.807, 2.05) is 13.8 Å². The van der Waals surface area contributed by atoms with Crippen molar-refractivity contribution in [3.63, 3.8) is 0 Å². The highest BCUT2D eigenvalue weighted by atomic mass is 19.4. The average Bonchev–Trinajstić information content (AvgIpc) is 3.39. The number of benzene rings is 2. The summed E-state index contributed by atoms with van der Waals surface area (Å²) in [5.41, 5.74) is -3.29. The van der Waals surface area contributed by atoms with Crippen LogP contribution in [0.15, 0.2) is 90.2 Å². The van der Waals surface area contributed by atoms with Crippen molar-refractivity contribution >= 4 is 23.2 Å². The predicted molar refractivity (Wildman–Crippen MR) is 170 cm³/mol. The highest BCUT2D eigenvalue weighted by Gasteiger charge is 2.72. The molecular weight excluding hydrogens is 636 g/mol. The summed E-state index contributed by atoms with van der Waals surface area (Å²) in [6.45, 7) is 6.70. The van der Waals surface area contributed by atoms with Gasteiger partial charge in [0.15, 0.2) is 5.70 Å². The standard InChI is InChI=1S/C35H37F6N5O2/c1-5-7-17-45-19-16-24(3)22-29(45)30(47)43-28-11-9-10-26(23-28)33(34(36,37)38,35(39,40)41)25-12-14-27(15-13-25)42-31(48)32-44(4)20-21-46(32)18-8-6-2/h9-16,19-21,23H,5-8,17-18H2,1-4H3,(H-,42,43,47,48)/p+1. The Bertz CT molecular complexity index is 1720. The van der Waals surface area contributed by atoms with Crippen LogP contribution in [0.4, 0.5) is 37.7 Å². The molecule has 48 heavy (non-hydrogen) atoms. The molecule has 0 unspecified atom stereocenters. The van der Waals surface area contributed by atoms with Crippen molar-refractivity contribution < 1.29 is 40.5 Å². The zero-order valence-electron chi connectivity index (χ0n) is 27.1. The summed E-state index contributed by atoms with van der Waals surface area (Å²) in [5.74, 6) is -1.04. The van der Waals surface area contributed by atoms with E-state index in [4.69, 9.17) is 0 Å². The van der Waals surface area contributed by atoms with Crippen molar-refractivity contribution in [1.29, 1.82) is 0 Å². The van der Waals surface area contributed by atoms with E-state index in [0.717, 1.165) is 49.9 Å². The average molecular weight is 675 g/mol. The van der Waals surface area contributed by atoms with Crippen molar-refractivity contribution in [3.05, 3.63) is 107 Å². The first kappa shape index (κ1) is 36.1. The van der Waals surface area contributed by atoms with Gasteiger partial charge in [-0.05, 0) is 66.8 Å². The van der Waals surface area contributed by atoms with Crippen LogP contribution in [0.1, 0.15) is 68.2 Å². The molecule has 1 aliphatic rings. The summed E-state index contributed by atoms with van der Waals surface area (Å²) in [5, 5.41) is 5.03. The number of hydrogen-bond acceptors (Lipinski definition) is 3. The Hall–Kier alpha value is -4.77. The van der Waals surface area contributed by atoms with Crippen LogP contribution in [-0.4, -0.2) is 40.2 Å². The number of rotatable bonds is 12. The molecule has 0 radical (unpaired) electrons. The SMILES string of the molecule is CCCCN1C=CC(C)=C=C1C(=O)Nc1cccc(C(c2ccc(NC(=O)c3n(CCCC)cc[n+]3C)cc2)(C(F)(F)F)C(F)(F)F)c1. The van der Waals surface area contributed by atoms with Crippen LogP contribution in [0, 0.1) is 0 Å².